The first kappa shape index (κ1) is 8.81. The molecule has 0 aliphatic rings. The van der Waals surface area contributed by atoms with E-state index in [0.717, 1.165) is 17.6 Å². The van der Waals surface area contributed by atoms with Crippen molar-refractivity contribution in [2.75, 3.05) is 6.54 Å². The Kier molecular flexibility index (Phi) is 2.88. The lowest BCUT2D eigenvalue weighted by Crippen LogP contribution is -1.98. The Morgan fingerprint density at radius 2 is 2.25 bits per heavy atom. The van der Waals surface area contributed by atoms with Crippen molar-refractivity contribution in [3.05, 3.63) is 36.4 Å². The molecule has 1 aromatic rings. The molecule has 1 aromatic carbocycles. The van der Waals surface area contributed by atoms with Crippen LogP contribution in [0.15, 0.2) is 30.8 Å². The van der Waals surface area contributed by atoms with Crippen LogP contribution in [0.5, 0.6) is 5.75 Å². The molecule has 12 heavy (non-hydrogen) atoms. The van der Waals surface area contributed by atoms with Gasteiger partial charge in [0, 0.05) is 0 Å². The Balaban J connectivity index is 2.81. The summed E-state index contributed by atoms with van der Waals surface area (Å²) in [6.07, 6.45) is 0.767. The van der Waals surface area contributed by atoms with Gasteiger partial charge in [-0.3, -0.25) is 0 Å². The maximum absolute atomic E-state index is 9.16. The Labute approximate surface area is 72.3 Å². The largest absolute Gasteiger partial charge is 0.508 e. The van der Waals surface area contributed by atoms with Gasteiger partial charge in [-0.25, -0.2) is 0 Å². The number of rotatable bonds is 3. The minimum absolute atomic E-state index is 0.269. The molecule has 0 unspecified atom stereocenters. The average molecular weight is 163 g/mol. The number of hydrogen-bond acceptors (Lipinski definition) is 2. The summed E-state index contributed by atoms with van der Waals surface area (Å²) in [6.45, 7) is 4.46. The van der Waals surface area contributed by atoms with E-state index in [9.17, 15) is 0 Å². The first-order valence-electron chi connectivity index (χ1n) is 3.91. The van der Waals surface area contributed by atoms with Crippen LogP contribution < -0.4 is 5.73 Å². The third-order valence-corrected chi connectivity index (χ3v) is 1.70. The van der Waals surface area contributed by atoms with Crippen LogP contribution in [0.3, 0.4) is 0 Å². The Morgan fingerprint density at radius 3 is 2.83 bits per heavy atom. The van der Waals surface area contributed by atoms with Gasteiger partial charge in [0.25, 0.3) is 0 Å². The molecule has 0 amide bonds. The zero-order valence-corrected chi connectivity index (χ0v) is 6.96. The van der Waals surface area contributed by atoms with Crippen molar-refractivity contribution in [1.29, 1.82) is 0 Å². The van der Waals surface area contributed by atoms with E-state index in [1.54, 1.807) is 18.2 Å². The van der Waals surface area contributed by atoms with E-state index in [2.05, 4.69) is 6.58 Å². The van der Waals surface area contributed by atoms with Gasteiger partial charge in [0.1, 0.15) is 5.75 Å². The van der Waals surface area contributed by atoms with Crippen LogP contribution in [-0.2, 0) is 0 Å². The van der Waals surface area contributed by atoms with E-state index in [4.69, 9.17) is 10.8 Å². The van der Waals surface area contributed by atoms with Crippen LogP contribution >= 0.6 is 0 Å². The zero-order valence-electron chi connectivity index (χ0n) is 6.96. The molecule has 3 N–H and O–H groups in total. The van der Waals surface area contributed by atoms with Gasteiger partial charge in [-0.1, -0.05) is 18.7 Å². The molecule has 1 rings (SSSR count). The highest BCUT2D eigenvalue weighted by atomic mass is 16.3. The predicted molar refractivity (Wildman–Crippen MR) is 50.8 cm³/mol. The minimum atomic E-state index is 0.269. The van der Waals surface area contributed by atoms with Gasteiger partial charge in [0.2, 0.25) is 0 Å². The van der Waals surface area contributed by atoms with Crippen LogP contribution in [0.1, 0.15) is 12.0 Å². The number of benzene rings is 1. The maximum Gasteiger partial charge on any atom is 0.116 e. The molecule has 0 saturated heterocycles. The van der Waals surface area contributed by atoms with E-state index in [1.165, 1.54) is 0 Å². The van der Waals surface area contributed by atoms with Crippen molar-refractivity contribution in [3.63, 3.8) is 0 Å². The lowest BCUT2D eigenvalue weighted by molar-refractivity contribution is 0.475. The molecule has 0 radical (unpaired) electrons. The van der Waals surface area contributed by atoms with E-state index >= 15 is 0 Å². The van der Waals surface area contributed by atoms with Crippen molar-refractivity contribution >= 4 is 5.57 Å². The Morgan fingerprint density at radius 1 is 1.50 bits per heavy atom. The molecule has 2 heteroatoms. The monoisotopic (exact) mass is 163 g/mol. The summed E-state index contributed by atoms with van der Waals surface area (Å²) in [7, 11) is 0. The molecule has 0 bridgehead atoms. The van der Waals surface area contributed by atoms with Gasteiger partial charge >= 0.3 is 0 Å². The molecule has 0 atom stereocenters. The number of hydrogen-bond donors (Lipinski definition) is 2. The SMILES string of the molecule is C=C(CCN)c1cccc(O)c1. The highest BCUT2D eigenvalue weighted by molar-refractivity contribution is 5.64. The second-order valence-electron chi connectivity index (χ2n) is 2.69. The number of nitrogens with two attached hydrogens (primary N) is 1. The molecule has 0 saturated carbocycles. The van der Waals surface area contributed by atoms with Crippen LogP contribution in [0.2, 0.25) is 0 Å². The van der Waals surface area contributed by atoms with Crippen molar-refractivity contribution in [3.8, 4) is 5.75 Å². The van der Waals surface area contributed by atoms with E-state index in [-0.39, 0.29) is 5.75 Å². The summed E-state index contributed by atoms with van der Waals surface area (Å²) in [5.74, 6) is 0.269. The van der Waals surface area contributed by atoms with Crippen LogP contribution in [-0.4, -0.2) is 11.7 Å². The summed E-state index contributed by atoms with van der Waals surface area (Å²) in [4.78, 5) is 0. The first-order chi connectivity index (χ1) is 5.74. The molecule has 0 heterocycles. The summed E-state index contributed by atoms with van der Waals surface area (Å²) < 4.78 is 0. The third kappa shape index (κ3) is 2.10. The fourth-order valence-corrected chi connectivity index (χ4v) is 1.04. The Bertz CT molecular complexity index is 281. The van der Waals surface area contributed by atoms with Gasteiger partial charge < -0.3 is 10.8 Å². The third-order valence-electron chi connectivity index (χ3n) is 1.70. The number of phenolic OH excluding ortho intramolecular Hbond substituents is 1. The lowest BCUT2D eigenvalue weighted by Gasteiger charge is -2.03. The van der Waals surface area contributed by atoms with Crippen molar-refractivity contribution in [2.24, 2.45) is 5.73 Å². The van der Waals surface area contributed by atoms with Crippen LogP contribution in [0.4, 0.5) is 0 Å². The standard InChI is InChI=1S/C10H13NO/c1-8(5-6-11)9-3-2-4-10(12)7-9/h2-4,7,12H,1,5-6,11H2. The fraction of sp³-hybridized carbons (Fsp3) is 0.200. The van der Waals surface area contributed by atoms with E-state index in [1.807, 2.05) is 6.07 Å². The van der Waals surface area contributed by atoms with E-state index < -0.39 is 0 Å². The highest BCUT2D eigenvalue weighted by Crippen LogP contribution is 2.19. The number of phenols is 1. The maximum atomic E-state index is 9.16. The Hall–Kier alpha value is -1.28. The summed E-state index contributed by atoms with van der Waals surface area (Å²) >= 11 is 0. The summed E-state index contributed by atoms with van der Waals surface area (Å²) in [5.41, 5.74) is 7.31. The van der Waals surface area contributed by atoms with E-state index in [0.29, 0.717) is 6.54 Å². The molecule has 0 spiro atoms. The second-order valence-corrected chi connectivity index (χ2v) is 2.69. The quantitative estimate of drug-likeness (QED) is 0.713. The summed E-state index contributed by atoms with van der Waals surface area (Å²) in [5, 5.41) is 9.16. The predicted octanol–water partition coefficient (Wildman–Crippen LogP) is 1.75. The van der Waals surface area contributed by atoms with Crippen molar-refractivity contribution < 1.29 is 5.11 Å². The van der Waals surface area contributed by atoms with Gasteiger partial charge in [-0.15, -0.1) is 0 Å². The average Bonchev–Trinajstić information content (AvgIpc) is 2.05. The normalized spacial score (nSPS) is 9.75. The van der Waals surface area contributed by atoms with Gasteiger partial charge in [0.15, 0.2) is 0 Å². The molecule has 2 nitrogen and oxygen atoms in total. The van der Waals surface area contributed by atoms with Crippen LogP contribution in [0.25, 0.3) is 5.57 Å². The van der Waals surface area contributed by atoms with Crippen molar-refractivity contribution in [2.45, 2.75) is 6.42 Å². The zero-order chi connectivity index (χ0) is 8.97. The fourth-order valence-electron chi connectivity index (χ4n) is 1.04. The molecule has 64 valence electrons. The second kappa shape index (κ2) is 3.93. The molecule has 0 aliphatic carbocycles. The molecular weight excluding hydrogens is 150 g/mol. The van der Waals surface area contributed by atoms with Crippen LogP contribution in [0, 0.1) is 0 Å². The molecule has 0 aliphatic heterocycles. The van der Waals surface area contributed by atoms with Gasteiger partial charge in [-0.05, 0) is 36.2 Å². The highest BCUT2D eigenvalue weighted by Gasteiger charge is 1.97. The minimum Gasteiger partial charge on any atom is -0.508 e. The summed E-state index contributed by atoms with van der Waals surface area (Å²) in [6, 6.07) is 7.04. The number of aromatic hydroxyl groups is 1. The van der Waals surface area contributed by atoms with Gasteiger partial charge in [0.05, 0.1) is 0 Å². The lowest BCUT2D eigenvalue weighted by atomic mass is 10.0. The molecule has 0 fully saturated rings. The smallest absolute Gasteiger partial charge is 0.116 e. The first-order valence-corrected chi connectivity index (χ1v) is 3.91. The topological polar surface area (TPSA) is 46.2 Å². The van der Waals surface area contributed by atoms with Gasteiger partial charge in [-0.2, -0.15) is 0 Å². The molecule has 0 aromatic heterocycles. The van der Waals surface area contributed by atoms with Crippen molar-refractivity contribution in [1.82, 2.24) is 0 Å². The molecular formula is C10H13NO.